The minimum absolute atomic E-state index is 0.184. The van der Waals surface area contributed by atoms with Crippen LogP contribution in [0.3, 0.4) is 0 Å². The molecule has 0 aromatic rings. The maximum Gasteiger partial charge on any atom is 0.307 e. The lowest BCUT2D eigenvalue weighted by Gasteiger charge is -2.28. The topological polar surface area (TPSA) is 92.2 Å². The van der Waals surface area contributed by atoms with Crippen LogP contribution in [-0.2, 0) is 14.4 Å². The summed E-state index contributed by atoms with van der Waals surface area (Å²) in [5, 5.41) is 12.2. The molecule has 0 aromatic carbocycles. The van der Waals surface area contributed by atoms with E-state index in [-0.39, 0.29) is 11.4 Å². The second-order valence-electron chi connectivity index (χ2n) is 6.59. The summed E-state index contributed by atoms with van der Waals surface area (Å²) in [7, 11) is 1.62. The first kappa shape index (κ1) is 17.4. The molecule has 0 aliphatic heterocycles. The van der Waals surface area contributed by atoms with Gasteiger partial charge in [-0.3, -0.25) is 9.59 Å². The van der Waals surface area contributed by atoms with Gasteiger partial charge in [0.05, 0.1) is 18.9 Å². The summed E-state index contributed by atoms with van der Waals surface area (Å²) in [5.41, 5.74) is 3.36. The molecule has 2 aliphatic carbocycles. The molecule has 1 amide bonds. The Labute approximate surface area is 136 Å². The molecule has 6 heteroatoms. The molecule has 3 unspecified atom stereocenters. The van der Waals surface area contributed by atoms with E-state index in [0.29, 0.717) is 18.5 Å². The molecule has 0 radical (unpaired) electrons. The van der Waals surface area contributed by atoms with Gasteiger partial charge in [0.25, 0.3) is 0 Å². The molecule has 2 rings (SSSR count). The van der Waals surface area contributed by atoms with Gasteiger partial charge in [0, 0.05) is 12.1 Å². The number of aliphatic carboxylic acids is 1. The highest BCUT2D eigenvalue weighted by molar-refractivity contribution is 5.86. The lowest BCUT2D eigenvalue weighted by atomic mass is 9.79. The Morgan fingerprint density at radius 2 is 2.13 bits per heavy atom. The first-order valence-electron chi connectivity index (χ1n) is 7.80. The molecule has 0 bridgehead atoms. The van der Waals surface area contributed by atoms with E-state index >= 15 is 0 Å². The number of rotatable bonds is 5. The van der Waals surface area contributed by atoms with E-state index in [9.17, 15) is 14.7 Å². The molecular formula is C17H25N2O4+. The summed E-state index contributed by atoms with van der Waals surface area (Å²) in [6.07, 6.45) is 9.30. The van der Waals surface area contributed by atoms with Crippen LogP contribution in [0.15, 0.2) is 35.6 Å². The Morgan fingerprint density at radius 1 is 1.39 bits per heavy atom. The zero-order valence-electron chi connectivity index (χ0n) is 13.8. The average molecular weight is 321 g/mol. The van der Waals surface area contributed by atoms with Gasteiger partial charge < -0.3 is 10.4 Å². The molecule has 23 heavy (non-hydrogen) atoms. The van der Waals surface area contributed by atoms with Crippen molar-refractivity contribution >= 4 is 11.9 Å². The standard InChI is InChI=1S/C17H24N2O4/c1-11-4-5-13(16(21)22)14(10-11)15(20)18-12-6-8-17(2,9-7-12)19-23-3/h4,6-8,13-14,19H,5,9-10H2,1-3H3,(H,18,20)(H,21,22)/p+1. The normalized spacial score (nSPS) is 30.4. The molecule has 0 heterocycles. The highest BCUT2D eigenvalue weighted by atomic mass is 16.6. The quantitative estimate of drug-likeness (QED) is 0.518. The van der Waals surface area contributed by atoms with Gasteiger partial charge in [0.2, 0.25) is 5.91 Å². The molecule has 126 valence electrons. The fourth-order valence-electron chi connectivity index (χ4n) is 3.04. The molecule has 2 aliphatic rings. The smallest absolute Gasteiger partial charge is 0.307 e. The first-order valence-corrected chi connectivity index (χ1v) is 7.80. The Balaban J connectivity index is 2.02. The fourth-order valence-corrected chi connectivity index (χ4v) is 3.04. The average Bonchev–Trinajstić information content (AvgIpc) is 2.49. The minimum Gasteiger partial charge on any atom is -0.481 e. The second-order valence-corrected chi connectivity index (χ2v) is 6.59. The van der Waals surface area contributed by atoms with Crippen LogP contribution in [0.25, 0.3) is 0 Å². The van der Waals surface area contributed by atoms with E-state index in [2.05, 4.69) is 5.32 Å². The summed E-state index contributed by atoms with van der Waals surface area (Å²) in [6, 6.07) is 0. The predicted molar refractivity (Wildman–Crippen MR) is 84.9 cm³/mol. The van der Waals surface area contributed by atoms with Crippen molar-refractivity contribution in [1.29, 1.82) is 0 Å². The molecule has 0 fully saturated rings. The van der Waals surface area contributed by atoms with E-state index in [1.54, 1.807) is 12.6 Å². The zero-order chi connectivity index (χ0) is 17.0. The van der Waals surface area contributed by atoms with Gasteiger partial charge in [-0.2, -0.15) is 5.48 Å². The molecule has 0 spiro atoms. The maximum atomic E-state index is 12.5. The third kappa shape index (κ3) is 4.30. The molecule has 0 aromatic heterocycles. The van der Waals surface area contributed by atoms with Crippen molar-refractivity contribution in [3.63, 3.8) is 0 Å². The highest BCUT2D eigenvalue weighted by Gasteiger charge is 2.36. The van der Waals surface area contributed by atoms with Gasteiger partial charge in [0.1, 0.15) is 5.54 Å². The van der Waals surface area contributed by atoms with Crippen molar-refractivity contribution in [2.24, 2.45) is 11.8 Å². The number of allylic oxidation sites excluding steroid dienone is 3. The molecular weight excluding hydrogens is 296 g/mol. The molecule has 6 nitrogen and oxygen atoms in total. The van der Waals surface area contributed by atoms with Crippen molar-refractivity contribution in [2.75, 3.05) is 7.11 Å². The molecule has 0 saturated heterocycles. The van der Waals surface area contributed by atoms with Crippen LogP contribution in [0.5, 0.6) is 0 Å². The van der Waals surface area contributed by atoms with Gasteiger partial charge in [0.15, 0.2) is 0 Å². The van der Waals surface area contributed by atoms with Gasteiger partial charge in [-0.1, -0.05) is 17.7 Å². The van der Waals surface area contributed by atoms with E-state index in [0.717, 1.165) is 12.0 Å². The fraction of sp³-hybridized carbons (Fsp3) is 0.529. The van der Waals surface area contributed by atoms with Crippen molar-refractivity contribution in [1.82, 2.24) is 5.32 Å². The highest BCUT2D eigenvalue weighted by Crippen LogP contribution is 2.30. The Hall–Kier alpha value is -1.92. The van der Waals surface area contributed by atoms with Gasteiger partial charge in [-0.05, 0) is 38.8 Å². The SMILES string of the molecule is CO[NH2+]C1(C)C=CC(NC(=O)C2CC(C)=CCC2C(=O)O)=CC1. The minimum atomic E-state index is -0.913. The predicted octanol–water partition coefficient (Wildman–Crippen LogP) is 0.887. The Morgan fingerprint density at radius 3 is 2.70 bits per heavy atom. The van der Waals surface area contributed by atoms with Gasteiger partial charge >= 0.3 is 5.97 Å². The second kappa shape index (κ2) is 7.10. The van der Waals surface area contributed by atoms with Gasteiger partial charge in [-0.25, -0.2) is 4.84 Å². The number of hydrogen-bond donors (Lipinski definition) is 3. The number of carboxylic acids is 1. The first-order chi connectivity index (χ1) is 10.8. The summed E-state index contributed by atoms with van der Waals surface area (Å²) in [5.74, 6) is -2.31. The molecule has 4 N–H and O–H groups in total. The summed E-state index contributed by atoms with van der Waals surface area (Å²) in [4.78, 5) is 29.0. The number of carbonyl (C=O) groups excluding carboxylic acids is 1. The number of nitrogens with one attached hydrogen (secondary N) is 1. The number of hydroxylamine groups is 1. The largest absolute Gasteiger partial charge is 0.481 e. The monoisotopic (exact) mass is 321 g/mol. The van der Waals surface area contributed by atoms with Crippen LogP contribution in [0, 0.1) is 11.8 Å². The molecule has 3 atom stereocenters. The van der Waals surface area contributed by atoms with Crippen LogP contribution in [0.2, 0.25) is 0 Å². The van der Waals surface area contributed by atoms with E-state index in [4.69, 9.17) is 4.84 Å². The Bertz CT molecular complexity index is 579. The van der Waals surface area contributed by atoms with Crippen molar-refractivity contribution in [2.45, 2.75) is 38.6 Å². The van der Waals surface area contributed by atoms with Crippen LogP contribution in [0.4, 0.5) is 0 Å². The third-order valence-electron chi connectivity index (χ3n) is 4.46. The summed E-state index contributed by atoms with van der Waals surface area (Å²) >= 11 is 0. The Kier molecular flexibility index (Phi) is 5.38. The van der Waals surface area contributed by atoms with Crippen molar-refractivity contribution in [3.8, 4) is 0 Å². The van der Waals surface area contributed by atoms with Crippen LogP contribution >= 0.6 is 0 Å². The van der Waals surface area contributed by atoms with Crippen molar-refractivity contribution < 1.29 is 25.0 Å². The summed E-state index contributed by atoms with van der Waals surface area (Å²) in [6.45, 7) is 3.97. The number of amides is 1. The number of hydrogen-bond acceptors (Lipinski definition) is 3. The van der Waals surface area contributed by atoms with Gasteiger partial charge in [-0.15, -0.1) is 0 Å². The summed E-state index contributed by atoms with van der Waals surface area (Å²) < 4.78 is 0. The zero-order valence-corrected chi connectivity index (χ0v) is 13.8. The van der Waals surface area contributed by atoms with Crippen LogP contribution in [0.1, 0.15) is 33.1 Å². The number of quaternary nitrogens is 1. The third-order valence-corrected chi connectivity index (χ3v) is 4.46. The van der Waals surface area contributed by atoms with E-state index in [1.807, 2.05) is 38.2 Å². The lowest BCUT2D eigenvalue weighted by Crippen LogP contribution is -2.94. The van der Waals surface area contributed by atoms with E-state index < -0.39 is 17.8 Å². The van der Waals surface area contributed by atoms with Crippen molar-refractivity contribution in [3.05, 3.63) is 35.6 Å². The maximum absolute atomic E-state index is 12.5. The van der Waals surface area contributed by atoms with E-state index in [1.165, 1.54) is 0 Å². The number of carboxylic acid groups (broad SMARTS) is 1. The molecule has 0 saturated carbocycles. The lowest BCUT2D eigenvalue weighted by molar-refractivity contribution is -0.928. The number of nitrogens with two attached hydrogens (primary N) is 1. The van der Waals surface area contributed by atoms with Crippen LogP contribution < -0.4 is 10.8 Å². The number of carbonyl (C=O) groups is 2. The van der Waals surface area contributed by atoms with Crippen LogP contribution in [-0.4, -0.2) is 29.6 Å².